The van der Waals surface area contributed by atoms with Crippen molar-refractivity contribution in [1.82, 2.24) is 14.8 Å². The minimum atomic E-state index is -5.08. The summed E-state index contributed by atoms with van der Waals surface area (Å²) in [5.74, 6) is -7.31. The summed E-state index contributed by atoms with van der Waals surface area (Å²) in [5, 5.41) is 21.4. The van der Waals surface area contributed by atoms with Gasteiger partial charge in [-0.05, 0) is 86.6 Å². The van der Waals surface area contributed by atoms with E-state index < -0.39 is 36.4 Å². The SMILES string of the molecule is COc1cccc(CN2CCC3(CCN(Cc4cccnc4)CC3)CC2)c1.O=C(O)C(F)(F)F.O=C(O)C(F)(F)F.O=C(O)C(F)(F)F. The normalized spacial score (nSPS) is 16.5. The Hall–Kier alpha value is -4.13. The molecular weight excluding hydrogens is 673 g/mol. The van der Waals surface area contributed by atoms with Crippen LogP contribution in [0.1, 0.15) is 36.8 Å². The molecule has 0 atom stereocenters. The van der Waals surface area contributed by atoms with E-state index in [1.165, 1.54) is 63.0 Å². The summed E-state index contributed by atoms with van der Waals surface area (Å²) in [7, 11) is 1.74. The lowest BCUT2D eigenvalue weighted by Crippen LogP contribution is -2.46. The van der Waals surface area contributed by atoms with Crippen molar-refractivity contribution in [2.45, 2.75) is 57.3 Å². The van der Waals surface area contributed by atoms with Gasteiger partial charge in [0.1, 0.15) is 5.75 Å². The number of alkyl halides is 9. The summed E-state index contributed by atoms with van der Waals surface area (Å²) in [5.41, 5.74) is 3.27. The minimum Gasteiger partial charge on any atom is -0.497 e. The molecule has 0 radical (unpaired) electrons. The van der Waals surface area contributed by atoms with Crippen LogP contribution in [0.3, 0.4) is 0 Å². The zero-order valence-electron chi connectivity index (χ0n) is 25.4. The average molecular weight is 708 g/mol. The van der Waals surface area contributed by atoms with Crippen molar-refractivity contribution in [3.8, 4) is 5.75 Å². The van der Waals surface area contributed by atoms with Gasteiger partial charge >= 0.3 is 36.4 Å². The number of likely N-dealkylation sites (tertiary alicyclic amines) is 2. The molecule has 2 aliphatic rings. The van der Waals surface area contributed by atoms with Gasteiger partial charge in [-0.1, -0.05) is 18.2 Å². The van der Waals surface area contributed by atoms with Crippen LogP contribution in [-0.2, 0) is 27.5 Å². The number of ether oxygens (including phenoxy) is 1. The number of hydrogen-bond acceptors (Lipinski definition) is 7. The Morgan fingerprint density at radius 2 is 1.08 bits per heavy atom. The molecule has 4 rings (SSSR count). The molecule has 48 heavy (non-hydrogen) atoms. The summed E-state index contributed by atoms with van der Waals surface area (Å²) in [6, 6.07) is 12.7. The lowest BCUT2D eigenvalue weighted by atomic mass is 9.71. The van der Waals surface area contributed by atoms with E-state index in [1.807, 2.05) is 24.5 Å². The van der Waals surface area contributed by atoms with Crippen molar-refractivity contribution < 1.29 is 74.0 Å². The highest BCUT2D eigenvalue weighted by molar-refractivity contribution is 5.73. The van der Waals surface area contributed by atoms with E-state index >= 15 is 0 Å². The number of nitrogens with zero attached hydrogens (tertiary/aromatic N) is 3. The second kappa shape index (κ2) is 18.4. The van der Waals surface area contributed by atoms with E-state index in [0.29, 0.717) is 5.41 Å². The molecule has 2 fully saturated rings. The molecule has 0 bridgehead atoms. The molecule has 2 saturated heterocycles. The molecule has 0 aliphatic carbocycles. The lowest BCUT2D eigenvalue weighted by molar-refractivity contribution is -0.193. The average Bonchev–Trinajstić information content (AvgIpc) is 3.00. The van der Waals surface area contributed by atoms with E-state index in [1.54, 1.807) is 7.11 Å². The number of rotatable bonds is 5. The van der Waals surface area contributed by atoms with Gasteiger partial charge in [-0.2, -0.15) is 39.5 Å². The topological polar surface area (TPSA) is 140 Å². The zero-order valence-corrected chi connectivity index (χ0v) is 25.4. The smallest absolute Gasteiger partial charge is 0.490 e. The maximum atomic E-state index is 10.6. The lowest BCUT2D eigenvalue weighted by Gasteiger charge is -2.47. The number of methoxy groups -OCH3 is 1. The number of pyridine rings is 1. The van der Waals surface area contributed by atoms with Crippen molar-refractivity contribution in [2.24, 2.45) is 5.41 Å². The number of benzene rings is 1. The highest BCUT2D eigenvalue weighted by Gasteiger charge is 2.40. The second-order valence-electron chi connectivity index (χ2n) is 10.7. The Kier molecular flexibility index (Phi) is 16.1. The van der Waals surface area contributed by atoms with Gasteiger partial charge in [0, 0.05) is 25.5 Å². The number of halogens is 9. The molecule has 1 aromatic carbocycles. The molecule has 1 spiro atoms. The summed E-state index contributed by atoms with van der Waals surface area (Å²) in [6.07, 6.45) is -6.01. The summed E-state index contributed by atoms with van der Waals surface area (Å²) in [4.78, 5) is 36.1. The van der Waals surface area contributed by atoms with Crippen LogP contribution in [0.25, 0.3) is 0 Å². The second-order valence-corrected chi connectivity index (χ2v) is 10.7. The fourth-order valence-corrected chi connectivity index (χ4v) is 4.65. The fourth-order valence-electron chi connectivity index (χ4n) is 4.65. The molecule has 1 aromatic heterocycles. The summed E-state index contributed by atoms with van der Waals surface area (Å²) >= 11 is 0. The van der Waals surface area contributed by atoms with Crippen LogP contribution in [0.5, 0.6) is 5.75 Å². The monoisotopic (exact) mass is 707 g/mol. The first-order valence-electron chi connectivity index (χ1n) is 13.9. The van der Waals surface area contributed by atoms with E-state index in [-0.39, 0.29) is 0 Å². The van der Waals surface area contributed by atoms with E-state index in [0.717, 1.165) is 18.8 Å². The van der Waals surface area contributed by atoms with Gasteiger partial charge in [0.05, 0.1) is 7.11 Å². The third-order valence-electron chi connectivity index (χ3n) is 7.23. The standard InChI is InChI=1S/C23H31N3O.3C2HF3O2/c1-27-22-6-2-4-20(16-22)18-25-12-7-23(8-13-25)9-14-26(15-10-23)19-21-5-3-11-24-17-21;3*3-2(4,5)1(6)7/h2-6,11,16-17H,7-10,12-15,18-19H2,1H3;3*(H,6,7). The predicted octanol–water partition coefficient (Wildman–Crippen LogP) is 5.87. The number of carbonyl (C=O) groups is 3. The predicted molar refractivity (Wildman–Crippen MR) is 150 cm³/mol. The van der Waals surface area contributed by atoms with Gasteiger partial charge in [0.15, 0.2) is 0 Å². The Morgan fingerprint density at radius 1 is 0.708 bits per heavy atom. The molecule has 2 aromatic rings. The third kappa shape index (κ3) is 16.1. The molecule has 270 valence electrons. The first-order chi connectivity index (χ1) is 22.1. The Labute approximate surface area is 268 Å². The van der Waals surface area contributed by atoms with Crippen LogP contribution in [0, 0.1) is 5.41 Å². The molecule has 19 heteroatoms. The first-order valence-corrected chi connectivity index (χ1v) is 13.9. The van der Waals surface area contributed by atoms with Crippen molar-refractivity contribution in [2.75, 3.05) is 33.3 Å². The molecular formula is C29H34F9N3O7. The van der Waals surface area contributed by atoms with E-state index in [9.17, 15) is 39.5 Å². The maximum Gasteiger partial charge on any atom is 0.490 e. The number of aliphatic carboxylic acids is 3. The molecule has 3 N–H and O–H groups in total. The fraction of sp³-hybridized carbons (Fsp3) is 0.517. The molecule has 0 amide bonds. The van der Waals surface area contributed by atoms with Crippen LogP contribution in [0.15, 0.2) is 48.8 Å². The first kappa shape index (κ1) is 41.9. The molecule has 3 heterocycles. The van der Waals surface area contributed by atoms with Crippen molar-refractivity contribution in [3.05, 3.63) is 59.9 Å². The van der Waals surface area contributed by atoms with Gasteiger partial charge < -0.3 is 20.1 Å². The minimum absolute atomic E-state index is 0.580. The Bertz CT molecular complexity index is 1230. The number of piperidine rings is 2. The van der Waals surface area contributed by atoms with Gasteiger partial charge in [-0.3, -0.25) is 14.8 Å². The van der Waals surface area contributed by atoms with E-state index in [2.05, 4.69) is 39.0 Å². The highest BCUT2D eigenvalue weighted by Crippen LogP contribution is 2.41. The number of carboxylic acids is 3. The molecule has 0 unspecified atom stereocenters. The summed E-state index contributed by atoms with van der Waals surface area (Å²) < 4.78 is 101. The van der Waals surface area contributed by atoms with Gasteiger partial charge in [-0.25, -0.2) is 14.4 Å². The van der Waals surface area contributed by atoms with Crippen LogP contribution in [-0.4, -0.2) is 99.8 Å². The largest absolute Gasteiger partial charge is 0.497 e. The zero-order chi connectivity index (χ0) is 36.8. The van der Waals surface area contributed by atoms with Crippen molar-refractivity contribution in [3.63, 3.8) is 0 Å². The number of hydrogen-bond donors (Lipinski definition) is 3. The molecule has 10 nitrogen and oxygen atoms in total. The van der Waals surface area contributed by atoms with Gasteiger partial charge in [0.25, 0.3) is 0 Å². The molecule has 2 aliphatic heterocycles. The van der Waals surface area contributed by atoms with Crippen LogP contribution >= 0.6 is 0 Å². The maximum absolute atomic E-state index is 10.6. The number of aromatic nitrogens is 1. The van der Waals surface area contributed by atoms with E-state index in [4.69, 9.17) is 34.4 Å². The van der Waals surface area contributed by atoms with Gasteiger partial charge in [0.2, 0.25) is 0 Å². The van der Waals surface area contributed by atoms with Crippen molar-refractivity contribution >= 4 is 17.9 Å². The Balaban J connectivity index is 0.000000448. The Morgan fingerprint density at radius 3 is 1.42 bits per heavy atom. The highest BCUT2D eigenvalue weighted by atomic mass is 19.4. The van der Waals surface area contributed by atoms with Crippen LogP contribution in [0.2, 0.25) is 0 Å². The quantitative estimate of drug-likeness (QED) is 0.324. The summed E-state index contributed by atoms with van der Waals surface area (Å²) in [6.45, 7) is 6.99. The number of carboxylic acid groups (broad SMARTS) is 3. The van der Waals surface area contributed by atoms with Crippen LogP contribution < -0.4 is 4.74 Å². The van der Waals surface area contributed by atoms with Gasteiger partial charge in [-0.15, -0.1) is 0 Å². The third-order valence-corrected chi connectivity index (χ3v) is 7.23. The van der Waals surface area contributed by atoms with Crippen molar-refractivity contribution in [1.29, 1.82) is 0 Å². The molecule has 0 saturated carbocycles. The van der Waals surface area contributed by atoms with Crippen LogP contribution in [0.4, 0.5) is 39.5 Å².